The van der Waals surface area contributed by atoms with Crippen molar-refractivity contribution in [2.45, 2.75) is 68.2 Å². The number of rotatable bonds is 6. The number of halogens is 1. The van der Waals surface area contributed by atoms with Gasteiger partial charge in [-0.15, -0.1) is 0 Å². The largest absolute Gasteiger partial charge is 0.355 e. The maximum Gasteiger partial charge on any atom is 0.147 e. The fourth-order valence-corrected chi connectivity index (χ4v) is 6.50. The van der Waals surface area contributed by atoms with E-state index < -0.39 is 0 Å². The Bertz CT molecular complexity index is 1040. The van der Waals surface area contributed by atoms with Gasteiger partial charge in [0.1, 0.15) is 10.8 Å². The average molecular weight is 482 g/mol. The molecule has 1 saturated heterocycles. The molecule has 3 aliphatic rings. The molecule has 1 saturated carbocycles. The monoisotopic (exact) mass is 481 g/mol. The molecule has 1 aromatic carbocycles. The summed E-state index contributed by atoms with van der Waals surface area (Å²) >= 11 is 8.39. The van der Waals surface area contributed by atoms with Gasteiger partial charge in [-0.2, -0.15) is 0 Å². The highest BCUT2D eigenvalue weighted by molar-refractivity contribution is 7.99. The summed E-state index contributed by atoms with van der Waals surface area (Å²) < 4.78 is 0. The molecule has 33 heavy (non-hydrogen) atoms. The van der Waals surface area contributed by atoms with E-state index in [2.05, 4.69) is 28.3 Å². The number of benzene rings is 1. The second kappa shape index (κ2) is 9.67. The highest BCUT2D eigenvalue weighted by Gasteiger charge is 2.37. The van der Waals surface area contributed by atoms with Gasteiger partial charge in [0.15, 0.2) is 0 Å². The van der Waals surface area contributed by atoms with Crippen molar-refractivity contribution in [1.29, 1.82) is 0 Å². The van der Waals surface area contributed by atoms with Crippen LogP contribution in [-0.2, 0) is 0 Å². The predicted octanol–water partition coefficient (Wildman–Crippen LogP) is 7.19. The molecule has 0 N–H and O–H groups in total. The van der Waals surface area contributed by atoms with Gasteiger partial charge in [0, 0.05) is 35.8 Å². The molecule has 5 rings (SSSR count). The van der Waals surface area contributed by atoms with Crippen LogP contribution in [0.3, 0.4) is 0 Å². The minimum absolute atomic E-state index is 0.614. The molecule has 0 radical (unpaired) electrons. The van der Waals surface area contributed by atoms with Crippen molar-refractivity contribution in [3.8, 4) is 0 Å². The molecule has 0 unspecified atom stereocenters. The third-order valence-corrected chi connectivity index (χ3v) is 8.93. The van der Waals surface area contributed by atoms with Crippen molar-refractivity contribution in [3.05, 3.63) is 41.7 Å². The van der Waals surface area contributed by atoms with Crippen LogP contribution < -0.4 is 4.90 Å². The third kappa shape index (κ3) is 4.65. The van der Waals surface area contributed by atoms with E-state index in [-0.39, 0.29) is 0 Å². The minimum atomic E-state index is 0.614. The number of hydrogen-bond donors (Lipinski definition) is 0. The topological polar surface area (TPSA) is 44.6 Å². The Labute approximate surface area is 206 Å². The van der Waals surface area contributed by atoms with Crippen LogP contribution in [0.4, 0.5) is 11.5 Å². The van der Waals surface area contributed by atoms with Gasteiger partial charge in [-0.05, 0) is 49.7 Å². The Morgan fingerprint density at radius 1 is 1.09 bits per heavy atom. The van der Waals surface area contributed by atoms with E-state index in [0.717, 1.165) is 65.2 Å². The van der Waals surface area contributed by atoms with Gasteiger partial charge in [-0.25, -0.2) is 15.0 Å². The lowest BCUT2D eigenvalue weighted by atomic mass is 9.77. The molecule has 0 amide bonds. The summed E-state index contributed by atoms with van der Waals surface area (Å²) in [6.07, 6.45) is 16.1. The average Bonchev–Trinajstić information content (AvgIpc) is 3.29. The maximum atomic E-state index is 6.84. The van der Waals surface area contributed by atoms with Gasteiger partial charge < -0.3 is 9.80 Å². The predicted molar refractivity (Wildman–Crippen MR) is 139 cm³/mol. The summed E-state index contributed by atoms with van der Waals surface area (Å²) in [5.74, 6) is 0.984. The van der Waals surface area contributed by atoms with Crippen LogP contribution in [0.5, 0.6) is 0 Å². The molecule has 2 aromatic rings. The van der Waals surface area contributed by atoms with Crippen molar-refractivity contribution in [3.63, 3.8) is 0 Å². The van der Waals surface area contributed by atoms with E-state index in [4.69, 9.17) is 21.6 Å². The van der Waals surface area contributed by atoms with E-state index in [1.54, 1.807) is 11.8 Å². The summed E-state index contributed by atoms with van der Waals surface area (Å²) in [4.78, 5) is 19.5. The molecule has 174 valence electrons. The van der Waals surface area contributed by atoms with E-state index in [0.29, 0.717) is 10.4 Å². The van der Waals surface area contributed by atoms with Gasteiger partial charge >= 0.3 is 0 Å². The molecule has 3 heterocycles. The van der Waals surface area contributed by atoms with Crippen LogP contribution >= 0.6 is 23.4 Å². The number of aliphatic imine (C=N–C) groups is 1. The van der Waals surface area contributed by atoms with Gasteiger partial charge in [0.2, 0.25) is 0 Å². The first-order valence-electron chi connectivity index (χ1n) is 12.2. The molecule has 1 spiro atoms. The molecule has 2 fully saturated rings. The van der Waals surface area contributed by atoms with Crippen molar-refractivity contribution < 1.29 is 0 Å². The smallest absolute Gasteiger partial charge is 0.147 e. The molecule has 1 aliphatic carbocycles. The Kier molecular flexibility index (Phi) is 6.66. The first kappa shape index (κ1) is 22.7. The Balaban J connectivity index is 1.27. The number of nitrogens with zero attached hydrogens (tertiary/aromatic N) is 5. The Hall–Kier alpha value is -2.05. The van der Waals surface area contributed by atoms with Crippen LogP contribution in [0, 0.1) is 5.41 Å². The van der Waals surface area contributed by atoms with Gasteiger partial charge in [-0.1, -0.05) is 56.1 Å². The van der Waals surface area contributed by atoms with Gasteiger partial charge in [-0.3, -0.25) is 0 Å². The lowest BCUT2D eigenvalue weighted by Gasteiger charge is -2.39. The van der Waals surface area contributed by atoms with Crippen molar-refractivity contribution in [2.75, 3.05) is 24.5 Å². The fourth-order valence-electron chi connectivity index (χ4n) is 5.35. The Morgan fingerprint density at radius 3 is 2.58 bits per heavy atom. The number of hydrogen-bond acceptors (Lipinski definition) is 6. The molecule has 7 heteroatoms. The van der Waals surface area contributed by atoms with E-state index in [9.17, 15) is 0 Å². The molecule has 0 bridgehead atoms. The lowest BCUT2D eigenvalue weighted by molar-refractivity contribution is 0.226. The standard InChI is InChI=1S/C26H32ClN5S/c1-3-4-13-32-18-30-20-7-8-21(25(27)24(20)19(32)2)33-23-17-28-22(16-29-23)31-14-11-26(12-15-31)9-5-6-10-26/h7-8,16-18H,2-6,9-15H2,1H3. The van der Waals surface area contributed by atoms with Crippen LogP contribution in [0.25, 0.3) is 5.70 Å². The van der Waals surface area contributed by atoms with Crippen LogP contribution in [-0.4, -0.2) is 40.8 Å². The van der Waals surface area contributed by atoms with Gasteiger partial charge in [0.05, 0.1) is 29.4 Å². The summed E-state index contributed by atoms with van der Waals surface area (Å²) in [7, 11) is 0. The fraction of sp³-hybridized carbons (Fsp3) is 0.500. The second-order valence-electron chi connectivity index (χ2n) is 9.52. The maximum absolute atomic E-state index is 6.84. The first-order chi connectivity index (χ1) is 16.1. The van der Waals surface area contributed by atoms with E-state index in [1.807, 2.05) is 30.9 Å². The van der Waals surface area contributed by atoms with Crippen molar-refractivity contribution in [2.24, 2.45) is 10.4 Å². The zero-order valence-corrected chi connectivity index (χ0v) is 21.0. The summed E-state index contributed by atoms with van der Waals surface area (Å²) in [5.41, 5.74) is 3.31. The zero-order valence-electron chi connectivity index (χ0n) is 19.4. The molecular formula is C26H32ClN5S. The zero-order chi connectivity index (χ0) is 22.8. The van der Waals surface area contributed by atoms with Crippen LogP contribution in [0.2, 0.25) is 5.02 Å². The number of piperidine rings is 1. The molecule has 2 aliphatic heterocycles. The number of anilines is 1. The second-order valence-corrected chi connectivity index (χ2v) is 11.0. The summed E-state index contributed by atoms with van der Waals surface area (Å²) in [6.45, 7) is 9.56. The molecule has 1 aromatic heterocycles. The normalized spacial score (nSPS) is 19.4. The minimum Gasteiger partial charge on any atom is -0.355 e. The lowest BCUT2D eigenvalue weighted by Crippen LogP contribution is -2.39. The number of fused-ring (bicyclic) bond motifs is 1. The van der Waals surface area contributed by atoms with Crippen molar-refractivity contribution in [1.82, 2.24) is 14.9 Å². The quantitative estimate of drug-likeness (QED) is 0.436. The van der Waals surface area contributed by atoms with E-state index in [1.165, 1.54) is 38.5 Å². The van der Waals surface area contributed by atoms with Crippen LogP contribution in [0.1, 0.15) is 63.9 Å². The SMILES string of the molecule is C=C1c2c(ccc(Sc3cnc(N4CCC5(CCCC5)CC4)cn3)c2Cl)N=CN1CCCC. The van der Waals surface area contributed by atoms with E-state index >= 15 is 0 Å². The molecular weight excluding hydrogens is 450 g/mol. The molecule has 0 atom stereocenters. The first-order valence-corrected chi connectivity index (χ1v) is 13.4. The Morgan fingerprint density at radius 2 is 1.88 bits per heavy atom. The summed E-state index contributed by atoms with van der Waals surface area (Å²) in [5, 5.41) is 1.53. The summed E-state index contributed by atoms with van der Waals surface area (Å²) in [6, 6.07) is 4.02. The van der Waals surface area contributed by atoms with Gasteiger partial charge in [0.25, 0.3) is 0 Å². The van der Waals surface area contributed by atoms with Crippen LogP contribution in [0.15, 0.2) is 46.0 Å². The third-order valence-electron chi connectivity index (χ3n) is 7.45. The molecule has 5 nitrogen and oxygen atoms in total. The number of aromatic nitrogens is 2. The number of unbranched alkanes of at least 4 members (excludes halogenated alkanes) is 1. The highest BCUT2D eigenvalue weighted by atomic mass is 35.5. The van der Waals surface area contributed by atoms with Crippen molar-refractivity contribution >= 4 is 46.9 Å². The highest BCUT2D eigenvalue weighted by Crippen LogP contribution is 2.47.